The standard InChI is InChI=1S/C12H26N2O2S/c1-4-11(5-2)10(3)14-17(15,16)12-7-6-8-13-9-12/h10-14H,4-9H2,1-3H3. The molecule has 0 spiro atoms. The third-order valence-corrected chi connectivity index (χ3v) is 5.78. The van der Waals surface area contributed by atoms with Crippen molar-refractivity contribution in [1.82, 2.24) is 10.0 Å². The lowest BCUT2D eigenvalue weighted by Crippen LogP contribution is -2.48. The van der Waals surface area contributed by atoms with Gasteiger partial charge in [0, 0.05) is 12.6 Å². The van der Waals surface area contributed by atoms with Gasteiger partial charge < -0.3 is 5.32 Å². The van der Waals surface area contributed by atoms with E-state index in [9.17, 15) is 8.42 Å². The maximum Gasteiger partial charge on any atom is 0.215 e. The monoisotopic (exact) mass is 262 g/mol. The molecule has 0 amide bonds. The van der Waals surface area contributed by atoms with Gasteiger partial charge in [0.15, 0.2) is 0 Å². The first-order valence-corrected chi connectivity index (χ1v) is 8.27. The van der Waals surface area contributed by atoms with Crippen molar-refractivity contribution in [3.05, 3.63) is 0 Å². The van der Waals surface area contributed by atoms with Crippen LogP contribution in [0.15, 0.2) is 0 Å². The Morgan fingerprint density at radius 2 is 2.00 bits per heavy atom. The number of rotatable bonds is 6. The molecule has 1 rings (SSSR count). The van der Waals surface area contributed by atoms with E-state index in [0.717, 1.165) is 32.2 Å². The summed E-state index contributed by atoms with van der Waals surface area (Å²) in [5, 5.41) is 2.90. The Hall–Kier alpha value is -0.130. The van der Waals surface area contributed by atoms with E-state index in [4.69, 9.17) is 0 Å². The minimum Gasteiger partial charge on any atom is -0.315 e. The van der Waals surface area contributed by atoms with E-state index >= 15 is 0 Å². The van der Waals surface area contributed by atoms with E-state index < -0.39 is 10.0 Å². The van der Waals surface area contributed by atoms with Gasteiger partial charge in [0.2, 0.25) is 10.0 Å². The summed E-state index contributed by atoms with van der Waals surface area (Å²) in [7, 11) is -3.16. The molecule has 1 aliphatic heterocycles. The number of hydrogen-bond acceptors (Lipinski definition) is 3. The lowest BCUT2D eigenvalue weighted by molar-refractivity contribution is 0.386. The third-order valence-electron chi connectivity index (χ3n) is 3.80. The summed E-state index contributed by atoms with van der Waals surface area (Å²) in [6, 6.07) is 0.0388. The Morgan fingerprint density at radius 1 is 1.35 bits per heavy atom. The van der Waals surface area contributed by atoms with Crippen molar-refractivity contribution in [3.63, 3.8) is 0 Å². The molecule has 0 bridgehead atoms. The van der Waals surface area contributed by atoms with Gasteiger partial charge in [-0.3, -0.25) is 0 Å². The van der Waals surface area contributed by atoms with Crippen LogP contribution in [0.25, 0.3) is 0 Å². The zero-order valence-electron chi connectivity index (χ0n) is 11.2. The molecule has 17 heavy (non-hydrogen) atoms. The van der Waals surface area contributed by atoms with Crippen molar-refractivity contribution in [2.75, 3.05) is 13.1 Å². The van der Waals surface area contributed by atoms with Crippen LogP contribution in [0.4, 0.5) is 0 Å². The smallest absolute Gasteiger partial charge is 0.215 e. The van der Waals surface area contributed by atoms with Gasteiger partial charge in [-0.1, -0.05) is 26.7 Å². The number of piperidine rings is 1. The van der Waals surface area contributed by atoms with E-state index in [1.165, 1.54) is 0 Å². The fourth-order valence-electron chi connectivity index (χ4n) is 2.53. The molecule has 0 aromatic carbocycles. The molecular weight excluding hydrogens is 236 g/mol. The fraction of sp³-hybridized carbons (Fsp3) is 1.00. The van der Waals surface area contributed by atoms with Crippen molar-refractivity contribution >= 4 is 10.0 Å². The molecule has 0 saturated carbocycles. The van der Waals surface area contributed by atoms with E-state index in [-0.39, 0.29) is 11.3 Å². The predicted molar refractivity (Wildman–Crippen MR) is 71.5 cm³/mol. The summed E-state index contributed by atoms with van der Waals surface area (Å²) >= 11 is 0. The average Bonchev–Trinajstić information content (AvgIpc) is 2.31. The van der Waals surface area contributed by atoms with E-state index in [0.29, 0.717) is 12.5 Å². The van der Waals surface area contributed by atoms with Crippen LogP contribution >= 0.6 is 0 Å². The van der Waals surface area contributed by atoms with Gasteiger partial charge in [0.25, 0.3) is 0 Å². The first-order valence-electron chi connectivity index (χ1n) is 6.73. The van der Waals surface area contributed by atoms with E-state index in [1.54, 1.807) is 0 Å². The molecule has 0 aromatic heterocycles. The minimum absolute atomic E-state index is 0.0388. The Bertz CT molecular complexity index is 306. The first-order chi connectivity index (χ1) is 8.01. The van der Waals surface area contributed by atoms with Crippen LogP contribution in [-0.4, -0.2) is 32.8 Å². The molecule has 1 saturated heterocycles. The van der Waals surface area contributed by atoms with E-state index in [2.05, 4.69) is 23.9 Å². The molecule has 5 heteroatoms. The Kier molecular flexibility index (Phi) is 5.89. The zero-order chi connectivity index (χ0) is 12.9. The lowest BCUT2D eigenvalue weighted by Gasteiger charge is -2.27. The van der Waals surface area contributed by atoms with Gasteiger partial charge in [-0.05, 0) is 32.2 Å². The fourth-order valence-corrected chi connectivity index (χ4v) is 4.25. The maximum absolute atomic E-state index is 12.2. The van der Waals surface area contributed by atoms with Gasteiger partial charge >= 0.3 is 0 Å². The Labute approximate surface area is 106 Å². The highest BCUT2D eigenvalue weighted by atomic mass is 32.2. The molecule has 2 atom stereocenters. The van der Waals surface area contributed by atoms with Gasteiger partial charge in [0.1, 0.15) is 0 Å². The molecule has 102 valence electrons. The molecule has 0 aromatic rings. The van der Waals surface area contributed by atoms with Gasteiger partial charge in [-0.25, -0.2) is 13.1 Å². The molecular formula is C12H26N2O2S. The molecule has 0 aliphatic carbocycles. The molecule has 2 unspecified atom stereocenters. The topological polar surface area (TPSA) is 58.2 Å². The van der Waals surface area contributed by atoms with Crippen LogP contribution in [0.2, 0.25) is 0 Å². The van der Waals surface area contributed by atoms with Crippen LogP contribution < -0.4 is 10.0 Å². The molecule has 0 radical (unpaired) electrons. The van der Waals surface area contributed by atoms with Crippen LogP contribution in [0, 0.1) is 5.92 Å². The SMILES string of the molecule is CCC(CC)C(C)NS(=O)(=O)C1CCCNC1. The summed E-state index contributed by atoms with van der Waals surface area (Å²) < 4.78 is 27.2. The van der Waals surface area contributed by atoms with Gasteiger partial charge in [-0.15, -0.1) is 0 Å². The quantitative estimate of drug-likeness (QED) is 0.762. The van der Waals surface area contributed by atoms with Crippen molar-refractivity contribution in [2.24, 2.45) is 5.92 Å². The summed E-state index contributed by atoms with van der Waals surface area (Å²) in [5.41, 5.74) is 0. The summed E-state index contributed by atoms with van der Waals surface area (Å²) in [5.74, 6) is 0.432. The van der Waals surface area contributed by atoms with Crippen LogP contribution in [0.5, 0.6) is 0 Å². The van der Waals surface area contributed by atoms with Crippen LogP contribution in [0.3, 0.4) is 0 Å². The van der Waals surface area contributed by atoms with Crippen LogP contribution in [-0.2, 0) is 10.0 Å². The van der Waals surface area contributed by atoms with Crippen molar-refractivity contribution in [1.29, 1.82) is 0 Å². The Morgan fingerprint density at radius 3 is 2.47 bits per heavy atom. The van der Waals surface area contributed by atoms with Crippen molar-refractivity contribution in [2.45, 2.75) is 57.7 Å². The summed E-state index contributed by atoms with van der Waals surface area (Å²) in [4.78, 5) is 0. The predicted octanol–water partition coefficient (Wildman–Crippen LogP) is 1.48. The molecule has 1 fully saturated rings. The van der Waals surface area contributed by atoms with Gasteiger partial charge in [-0.2, -0.15) is 0 Å². The number of sulfonamides is 1. The lowest BCUT2D eigenvalue weighted by atomic mass is 9.96. The second kappa shape index (κ2) is 6.71. The highest BCUT2D eigenvalue weighted by molar-refractivity contribution is 7.90. The minimum atomic E-state index is -3.16. The first kappa shape index (κ1) is 14.9. The third kappa shape index (κ3) is 4.23. The number of hydrogen-bond donors (Lipinski definition) is 2. The second-order valence-electron chi connectivity index (χ2n) is 5.00. The zero-order valence-corrected chi connectivity index (χ0v) is 12.0. The molecule has 1 aliphatic rings. The van der Waals surface area contributed by atoms with Crippen molar-refractivity contribution in [3.8, 4) is 0 Å². The number of nitrogens with one attached hydrogen (secondary N) is 2. The normalized spacial score (nSPS) is 23.9. The Balaban J connectivity index is 2.58. The van der Waals surface area contributed by atoms with Crippen LogP contribution in [0.1, 0.15) is 46.5 Å². The summed E-state index contributed by atoms with van der Waals surface area (Å²) in [6.07, 6.45) is 3.76. The summed E-state index contributed by atoms with van der Waals surface area (Å²) in [6.45, 7) is 7.73. The molecule has 2 N–H and O–H groups in total. The highest BCUT2D eigenvalue weighted by Gasteiger charge is 2.29. The second-order valence-corrected chi connectivity index (χ2v) is 6.99. The largest absolute Gasteiger partial charge is 0.315 e. The highest BCUT2D eigenvalue weighted by Crippen LogP contribution is 2.16. The van der Waals surface area contributed by atoms with E-state index in [1.807, 2.05) is 6.92 Å². The van der Waals surface area contributed by atoms with Crippen molar-refractivity contribution < 1.29 is 8.42 Å². The molecule has 1 heterocycles. The average molecular weight is 262 g/mol. The molecule has 4 nitrogen and oxygen atoms in total. The van der Waals surface area contributed by atoms with Gasteiger partial charge in [0.05, 0.1) is 5.25 Å². The maximum atomic E-state index is 12.2.